The summed E-state index contributed by atoms with van der Waals surface area (Å²) in [5.74, 6) is -0.161. The summed E-state index contributed by atoms with van der Waals surface area (Å²) in [4.78, 5) is 21.2. The van der Waals surface area contributed by atoms with Crippen LogP contribution in [0, 0.1) is 5.13 Å². The van der Waals surface area contributed by atoms with Gasteiger partial charge in [-0.3, -0.25) is 4.99 Å². The average molecular weight is 493 g/mol. The molecule has 0 spiro atoms. The molecule has 5 nitrogen and oxygen atoms in total. The zero-order valence-corrected chi connectivity index (χ0v) is 17.8. The Morgan fingerprint density at radius 1 is 1.44 bits per heavy atom. The number of aromatic nitrogens is 1. The molecule has 10 heteroatoms. The maximum absolute atomic E-state index is 13.4. The van der Waals surface area contributed by atoms with E-state index in [1.165, 1.54) is 0 Å². The summed E-state index contributed by atoms with van der Waals surface area (Å²) >= 11 is 16.6. The number of esters is 1. The molecule has 27 heavy (non-hydrogen) atoms. The normalized spacial score (nSPS) is 16.8. The van der Waals surface area contributed by atoms with E-state index < -0.39 is 17.1 Å². The zero-order chi connectivity index (χ0) is 19.6. The molecule has 1 N–H and O–H groups in total. The average Bonchev–Trinajstić information content (AvgIpc) is 3.07. The minimum absolute atomic E-state index is 0.216. The Hall–Kier alpha value is -1.48. The molecular formula is C17H13BrCl2FN3O2S. The number of nitrogens with one attached hydrogen (secondary N) is 1. The molecule has 1 aliphatic rings. The van der Waals surface area contributed by atoms with Crippen LogP contribution in [-0.2, 0) is 9.53 Å². The van der Waals surface area contributed by atoms with Gasteiger partial charge in [0.1, 0.15) is 6.04 Å². The van der Waals surface area contributed by atoms with Gasteiger partial charge in [-0.15, -0.1) is 0 Å². The topological polar surface area (TPSA) is 63.6 Å². The van der Waals surface area contributed by atoms with Crippen LogP contribution in [0.5, 0.6) is 0 Å². The molecule has 3 rings (SSSR count). The Kier molecular flexibility index (Phi) is 6.52. The van der Waals surface area contributed by atoms with Crippen LogP contribution < -0.4 is 5.32 Å². The number of thiazole rings is 1. The van der Waals surface area contributed by atoms with Crippen molar-refractivity contribution in [3.05, 3.63) is 61.4 Å². The van der Waals surface area contributed by atoms with Crippen molar-refractivity contribution in [1.29, 1.82) is 0 Å². The predicted octanol–water partition coefficient (Wildman–Crippen LogP) is 4.89. The Balaban J connectivity index is 2.15. The molecule has 2 aromatic rings. The number of carbonyl (C=O) groups is 1. The lowest BCUT2D eigenvalue weighted by Crippen LogP contribution is -2.34. The first kappa shape index (κ1) is 20.3. The van der Waals surface area contributed by atoms with Crippen LogP contribution in [0.3, 0.4) is 0 Å². The number of halogens is 4. The number of alkyl halides is 1. The summed E-state index contributed by atoms with van der Waals surface area (Å²) in [7, 11) is 0. The molecule has 0 amide bonds. The van der Waals surface area contributed by atoms with Crippen LogP contribution in [0.4, 0.5) is 4.39 Å². The van der Waals surface area contributed by atoms with Gasteiger partial charge in [0.05, 0.1) is 18.4 Å². The first-order valence-electron chi connectivity index (χ1n) is 7.82. The lowest BCUT2D eigenvalue weighted by Gasteiger charge is -2.26. The third-order valence-electron chi connectivity index (χ3n) is 3.69. The maximum Gasteiger partial charge on any atom is 0.338 e. The van der Waals surface area contributed by atoms with Crippen molar-refractivity contribution in [3.8, 4) is 0 Å². The van der Waals surface area contributed by atoms with Gasteiger partial charge in [-0.05, 0) is 19.1 Å². The summed E-state index contributed by atoms with van der Waals surface area (Å²) in [6.07, 6.45) is 1.12. The lowest BCUT2D eigenvalue weighted by molar-refractivity contribution is -0.138. The standard InChI is InChI=1S/C17H13BrCl2FN3O2S/c1-2-26-17(25)13-11(6-18)23-15(16-22-7-12(21)27-16)24-14(13)9-4-3-8(19)5-10(9)20/h3-5,7,14H,2,6H2,1H3,(H,23,24). The number of benzene rings is 1. The number of hydrogen-bond donors (Lipinski definition) is 1. The Morgan fingerprint density at radius 2 is 2.22 bits per heavy atom. The molecule has 1 atom stereocenters. The molecule has 1 aromatic carbocycles. The van der Waals surface area contributed by atoms with Gasteiger partial charge in [-0.1, -0.05) is 56.5 Å². The Morgan fingerprint density at radius 3 is 2.81 bits per heavy atom. The second-order valence-corrected chi connectivity index (χ2v) is 7.77. The summed E-state index contributed by atoms with van der Waals surface area (Å²) in [5, 5.41) is 4.13. The first-order valence-corrected chi connectivity index (χ1v) is 10.5. The smallest absolute Gasteiger partial charge is 0.338 e. The highest BCUT2D eigenvalue weighted by Crippen LogP contribution is 2.37. The van der Waals surface area contributed by atoms with Gasteiger partial charge >= 0.3 is 5.97 Å². The zero-order valence-electron chi connectivity index (χ0n) is 13.9. The molecular weight excluding hydrogens is 480 g/mol. The third-order valence-corrected chi connectivity index (χ3v) is 5.61. The van der Waals surface area contributed by atoms with Crippen LogP contribution in [0.2, 0.25) is 10.0 Å². The quantitative estimate of drug-likeness (QED) is 0.476. The fourth-order valence-corrected chi connectivity index (χ4v) is 4.12. The monoisotopic (exact) mass is 491 g/mol. The largest absolute Gasteiger partial charge is 0.463 e. The highest BCUT2D eigenvalue weighted by Gasteiger charge is 2.33. The second kappa shape index (κ2) is 8.68. The van der Waals surface area contributed by atoms with Gasteiger partial charge in [0.2, 0.25) is 0 Å². The van der Waals surface area contributed by atoms with Crippen molar-refractivity contribution >= 4 is 62.3 Å². The summed E-state index contributed by atoms with van der Waals surface area (Å²) in [6.45, 7) is 1.94. The second-order valence-electron chi connectivity index (χ2n) is 5.39. The van der Waals surface area contributed by atoms with E-state index in [0.717, 1.165) is 17.5 Å². The number of rotatable bonds is 5. The molecule has 0 radical (unpaired) electrons. The minimum Gasteiger partial charge on any atom is -0.463 e. The molecule has 0 saturated heterocycles. The van der Waals surface area contributed by atoms with Gasteiger partial charge in [-0.2, -0.15) is 4.39 Å². The van der Waals surface area contributed by atoms with Gasteiger partial charge in [-0.25, -0.2) is 9.78 Å². The van der Waals surface area contributed by atoms with Crippen LogP contribution in [0.1, 0.15) is 23.5 Å². The van der Waals surface area contributed by atoms with Crippen molar-refractivity contribution in [3.63, 3.8) is 0 Å². The van der Waals surface area contributed by atoms with Gasteiger partial charge in [0.15, 0.2) is 16.0 Å². The minimum atomic E-state index is -0.746. The van der Waals surface area contributed by atoms with Crippen molar-refractivity contribution < 1.29 is 13.9 Å². The van der Waals surface area contributed by atoms with Crippen molar-refractivity contribution in [2.24, 2.45) is 4.99 Å². The van der Waals surface area contributed by atoms with Crippen molar-refractivity contribution in [2.75, 3.05) is 11.9 Å². The highest BCUT2D eigenvalue weighted by molar-refractivity contribution is 9.09. The van der Waals surface area contributed by atoms with E-state index in [1.54, 1.807) is 25.1 Å². The number of ether oxygens (including phenoxy) is 1. The molecule has 1 aliphatic heterocycles. The lowest BCUT2D eigenvalue weighted by atomic mass is 9.96. The van der Waals surface area contributed by atoms with E-state index >= 15 is 0 Å². The fourth-order valence-electron chi connectivity index (χ4n) is 2.57. The molecule has 2 heterocycles. The fraction of sp³-hybridized carbons (Fsp3) is 0.235. The summed E-state index contributed by atoms with van der Waals surface area (Å²) < 4.78 is 18.6. The van der Waals surface area contributed by atoms with Crippen LogP contribution >= 0.6 is 50.5 Å². The Bertz CT molecular complexity index is 948. The number of carbonyl (C=O) groups excluding carboxylic acids is 1. The van der Waals surface area contributed by atoms with Crippen LogP contribution in [0.25, 0.3) is 0 Å². The van der Waals surface area contributed by atoms with E-state index in [2.05, 4.69) is 31.2 Å². The van der Waals surface area contributed by atoms with Crippen molar-refractivity contribution in [2.45, 2.75) is 13.0 Å². The number of allylic oxidation sites excluding steroid dienone is 1. The molecule has 142 valence electrons. The molecule has 1 unspecified atom stereocenters. The SMILES string of the molecule is CCOC(=O)C1=C(CBr)NC(c2ncc(F)s2)=NC1c1ccc(Cl)cc1Cl. The molecule has 0 fully saturated rings. The summed E-state index contributed by atoms with van der Waals surface area (Å²) in [6, 6.07) is 4.20. The first-order chi connectivity index (χ1) is 12.9. The molecule has 0 saturated carbocycles. The van der Waals surface area contributed by atoms with E-state index in [-0.39, 0.29) is 6.61 Å². The van der Waals surface area contributed by atoms with Gasteiger partial charge < -0.3 is 10.1 Å². The van der Waals surface area contributed by atoms with E-state index in [0.29, 0.717) is 43.1 Å². The maximum atomic E-state index is 13.4. The number of nitrogens with zero attached hydrogens (tertiary/aromatic N) is 2. The molecule has 0 aliphatic carbocycles. The van der Waals surface area contributed by atoms with E-state index in [4.69, 9.17) is 27.9 Å². The number of hydrogen-bond acceptors (Lipinski definition) is 6. The molecule has 1 aromatic heterocycles. The number of aliphatic imine (C=N–C) groups is 1. The molecule has 0 bridgehead atoms. The third kappa shape index (κ3) is 4.34. The van der Waals surface area contributed by atoms with Gasteiger partial charge in [0.25, 0.3) is 0 Å². The van der Waals surface area contributed by atoms with Gasteiger partial charge in [0, 0.05) is 26.6 Å². The van der Waals surface area contributed by atoms with E-state index in [1.807, 2.05) is 0 Å². The Labute approximate surface area is 177 Å². The van der Waals surface area contributed by atoms with E-state index in [9.17, 15) is 9.18 Å². The number of amidine groups is 1. The van der Waals surface area contributed by atoms with Crippen molar-refractivity contribution in [1.82, 2.24) is 10.3 Å². The predicted molar refractivity (Wildman–Crippen MR) is 108 cm³/mol. The highest BCUT2D eigenvalue weighted by atomic mass is 79.9. The summed E-state index contributed by atoms with van der Waals surface area (Å²) in [5.41, 5.74) is 1.45. The van der Waals surface area contributed by atoms with Crippen LogP contribution in [-0.4, -0.2) is 28.7 Å². The van der Waals surface area contributed by atoms with Crippen LogP contribution in [0.15, 0.2) is 40.7 Å².